The van der Waals surface area contributed by atoms with E-state index in [1.165, 1.54) is 31.4 Å². The van der Waals surface area contributed by atoms with Crippen LogP contribution >= 0.6 is 11.6 Å². The van der Waals surface area contributed by atoms with Gasteiger partial charge in [0.15, 0.2) is 6.20 Å². The fourth-order valence-corrected chi connectivity index (χ4v) is 4.47. The molecule has 0 amide bonds. The van der Waals surface area contributed by atoms with Gasteiger partial charge in [-0.3, -0.25) is 0 Å². The Kier molecular flexibility index (Phi) is 3.76. The Morgan fingerprint density at radius 2 is 1.77 bits per heavy atom. The van der Waals surface area contributed by atoms with Crippen LogP contribution in [0.5, 0.6) is 0 Å². The van der Waals surface area contributed by atoms with Crippen molar-refractivity contribution in [1.82, 2.24) is 9.47 Å². The van der Waals surface area contributed by atoms with E-state index in [1.54, 1.807) is 12.3 Å². The van der Waals surface area contributed by atoms with Gasteiger partial charge in [0.1, 0.15) is 0 Å². The Morgan fingerprint density at radius 3 is 2.62 bits per heavy atom. The van der Waals surface area contributed by atoms with E-state index in [9.17, 15) is 5.21 Å². The number of likely N-dealkylation sites (tertiary alicyclic amines) is 1. The first-order valence-electron chi connectivity index (χ1n) is 9.17. The highest BCUT2D eigenvalue weighted by Crippen LogP contribution is 2.33. The average Bonchev–Trinajstić information content (AvgIpc) is 3.27. The smallest absolute Gasteiger partial charge is 0.227 e. The van der Waals surface area contributed by atoms with Gasteiger partial charge >= 0.3 is 0 Å². The van der Waals surface area contributed by atoms with Crippen molar-refractivity contribution in [2.24, 2.45) is 0 Å². The quantitative estimate of drug-likeness (QED) is 0.400. The predicted octanol–water partition coefficient (Wildman–Crippen LogP) is 4.33. The van der Waals surface area contributed by atoms with Crippen LogP contribution in [0.3, 0.4) is 0 Å². The van der Waals surface area contributed by atoms with Crippen molar-refractivity contribution in [3.63, 3.8) is 0 Å². The summed E-state index contributed by atoms with van der Waals surface area (Å²) >= 11 is 6.14. The molecule has 1 aliphatic heterocycles. The van der Waals surface area contributed by atoms with Crippen LogP contribution in [0.2, 0.25) is 5.02 Å². The second-order valence-corrected chi connectivity index (χ2v) is 7.53. The molecule has 0 N–H and O–H groups in total. The first kappa shape index (κ1) is 15.9. The predicted molar refractivity (Wildman–Crippen MR) is 107 cm³/mol. The molecular weight excluding hydrogens is 346 g/mol. The van der Waals surface area contributed by atoms with Crippen molar-refractivity contribution in [2.45, 2.75) is 19.4 Å². The van der Waals surface area contributed by atoms with Crippen LogP contribution in [-0.4, -0.2) is 29.1 Å². The molecule has 3 heterocycles. The first-order valence-corrected chi connectivity index (χ1v) is 9.55. The summed E-state index contributed by atoms with van der Waals surface area (Å²) in [7, 11) is 0. The molecule has 0 spiro atoms. The van der Waals surface area contributed by atoms with E-state index >= 15 is 0 Å². The largest absolute Gasteiger partial charge is 0.618 e. The Bertz CT molecular complexity index is 1130. The number of aromatic nitrogens is 2. The molecule has 4 nitrogen and oxygen atoms in total. The van der Waals surface area contributed by atoms with Crippen LogP contribution in [0, 0.1) is 5.21 Å². The Balaban J connectivity index is 1.79. The highest BCUT2D eigenvalue weighted by atomic mass is 35.5. The summed E-state index contributed by atoms with van der Waals surface area (Å²) in [5, 5.41) is 16.3. The monoisotopic (exact) mass is 365 g/mol. The van der Waals surface area contributed by atoms with E-state index in [4.69, 9.17) is 11.6 Å². The molecule has 0 unspecified atom stereocenters. The normalized spacial score (nSPS) is 15.6. The zero-order chi connectivity index (χ0) is 17.7. The second-order valence-electron chi connectivity index (χ2n) is 7.10. The SMILES string of the molecule is [O-][n+]1cc2c3ccccc3n(CCN3CCCC3)c2c2ccc(Cl)cc21. The van der Waals surface area contributed by atoms with Crippen LogP contribution < -0.4 is 4.73 Å². The number of benzene rings is 2. The lowest BCUT2D eigenvalue weighted by atomic mass is 10.1. The van der Waals surface area contributed by atoms with Gasteiger partial charge in [-0.05, 0) is 44.1 Å². The number of fused-ring (bicyclic) bond motifs is 5. The fourth-order valence-electron chi connectivity index (χ4n) is 4.31. The molecule has 0 bridgehead atoms. The van der Waals surface area contributed by atoms with Gasteiger partial charge in [-0.25, -0.2) is 0 Å². The third kappa shape index (κ3) is 2.44. The molecule has 1 aliphatic rings. The first-order chi connectivity index (χ1) is 12.7. The van der Waals surface area contributed by atoms with Crippen molar-refractivity contribution < 1.29 is 4.73 Å². The maximum absolute atomic E-state index is 12.6. The standard InChI is InChI=1S/C21H20ClN3O/c22-15-7-8-17-20(13-15)25(26)14-18-16-5-1-2-6-19(16)24(21(17)18)12-11-23-9-3-4-10-23/h1-2,5-8,13-14H,3-4,9-12H2. The molecule has 5 heteroatoms. The van der Waals surface area contributed by atoms with Crippen molar-refractivity contribution >= 4 is 44.3 Å². The highest BCUT2D eigenvalue weighted by Gasteiger charge is 2.19. The zero-order valence-corrected chi connectivity index (χ0v) is 15.2. The van der Waals surface area contributed by atoms with Crippen LogP contribution in [0.1, 0.15) is 12.8 Å². The van der Waals surface area contributed by atoms with E-state index in [0.29, 0.717) is 10.5 Å². The number of para-hydroxylation sites is 1. The summed E-state index contributed by atoms with van der Waals surface area (Å²) in [6.45, 7) is 4.34. The second kappa shape index (κ2) is 6.15. The van der Waals surface area contributed by atoms with E-state index in [-0.39, 0.29) is 0 Å². The molecule has 0 atom stereocenters. The van der Waals surface area contributed by atoms with Crippen LogP contribution in [0.25, 0.3) is 32.7 Å². The van der Waals surface area contributed by atoms with Crippen LogP contribution in [0.4, 0.5) is 0 Å². The molecule has 1 saturated heterocycles. The lowest BCUT2D eigenvalue weighted by Crippen LogP contribution is -2.27. The zero-order valence-electron chi connectivity index (χ0n) is 14.5. The third-order valence-corrected chi connectivity index (χ3v) is 5.78. The Labute approximate surface area is 156 Å². The van der Waals surface area contributed by atoms with Crippen LogP contribution in [0.15, 0.2) is 48.7 Å². The summed E-state index contributed by atoms with van der Waals surface area (Å²) in [6, 6.07) is 13.9. The van der Waals surface area contributed by atoms with Gasteiger partial charge in [0, 0.05) is 35.1 Å². The number of pyridine rings is 1. The number of rotatable bonds is 3. The van der Waals surface area contributed by atoms with Crippen molar-refractivity contribution in [1.29, 1.82) is 0 Å². The maximum atomic E-state index is 12.6. The van der Waals surface area contributed by atoms with Crippen molar-refractivity contribution in [2.75, 3.05) is 19.6 Å². The van der Waals surface area contributed by atoms with Gasteiger partial charge in [0.05, 0.1) is 16.3 Å². The number of hydrogen-bond donors (Lipinski definition) is 0. The lowest BCUT2D eigenvalue weighted by Gasteiger charge is -2.16. The van der Waals surface area contributed by atoms with Gasteiger partial charge in [-0.15, -0.1) is 0 Å². The maximum Gasteiger partial charge on any atom is 0.227 e. The number of halogens is 1. The van der Waals surface area contributed by atoms with Crippen molar-refractivity contribution in [3.05, 3.63) is 58.9 Å². The van der Waals surface area contributed by atoms with Crippen LogP contribution in [-0.2, 0) is 6.54 Å². The molecule has 2 aromatic carbocycles. The van der Waals surface area contributed by atoms with E-state index in [0.717, 1.165) is 39.5 Å². The molecule has 4 aromatic rings. The van der Waals surface area contributed by atoms with Gasteiger partial charge in [0.25, 0.3) is 0 Å². The molecule has 2 aromatic heterocycles. The number of hydrogen-bond acceptors (Lipinski definition) is 2. The number of nitrogens with zero attached hydrogens (tertiary/aromatic N) is 3. The highest BCUT2D eigenvalue weighted by molar-refractivity contribution is 6.31. The minimum atomic E-state index is 0.584. The molecule has 0 saturated carbocycles. The van der Waals surface area contributed by atoms with E-state index < -0.39 is 0 Å². The summed E-state index contributed by atoms with van der Waals surface area (Å²) < 4.78 is 3.32. The third-order valence-electron chi connectivity index (χ3n) is 5.55. The molecule has 132 valence electrons. The molecular formula is C21H20ClN3O. The van der Waals surface area contributed by atoms with Crippen molar-refractivity contribution in [3.8, 4) is 0 Å². The fraction of sp³-hybridized carbons (Fsp3) is 0.286. The summed E-state index contributed by atoms with van der Waals surface area (Å²) in [6.07, 6.45) is 4.29. The summed E-state index contributed by atoms with van der Waals surface area (Å²) in [4.78, 5) is 2.52. The minimum absolute atomic E-state index is 0.584. The van der Waals surface area contributed by atoms with E-state index in [2.05, 4.69) is 27.7 Å². The average molecular weight is 366 g/mol. The lowest BCUT2D eigenvalue weighted by molar-refractivity contribution is -0.575. The molecule has 5 rings (SSSR count). The Morgan fingerprint density at radius 1 is 0.962 bits per heavy atom. The minimum Gasteiger partial charge on any atom is -0.618 e. The topological polar surface area (TPSA) is 35.1 Å². The summed E-state index contributed by atoms with van der Waals surface area (Å²) in [5.41, 5.74) is 2.93. The molecule has 0 aliphatic carbocycles. The molecule has 0 radical (unpaired) electrons. The van der Waals surface area contributed by atoms with Gasteiger partial charge in [0.2, 0.25) is 5.52 Å². The van der Waals surface area contributed by atoms with Gasteiger partial charge in [-0.1, -0.05) is 29.8 Å². The summed E-state index contributed by atoms with van der Waals surface area (Å²) in [5.74, 6) is 0. The molecule has 26 heavy (non-hydrogen) atoms. The molecule has 1 fully saturated rings. The van der Waals surface area contributed by atoms with Gasteiger partial charge in [-0.2, -0.15) is 4.73 Å². The Hall–Kier alpha value is -2.30. The van der Waals surface area contributed by atoms with Gasteiger partial charge < -0.3 is 14.7 Å². The van der Waals surface area contributed by atoms with E-state index in [1.807, 2.05) is 18.2 Å².